The van der Waals surface area contributed by atoms with Gasteiger partial charge in [-0.2, -0.15) is 0 Å². The molecule has 0 heterocycles. The van der Waals surface area contributed by atoms with E-state index < -0.39 is 17.4 Å². The first kappa shape index (κ1) is 13.9. The van der Waals surface area contributed by atoms with Crippen molar-refractivity contribution in [2.24, 2.45) is 0 Å². The lowest BCUT2D eigenvalue weighted by Gasteiger charge is -2.20. The van der Waals surface area contributed by atoms with E-state index in [1.165, 1.54) is 12.1 Å². The molecule has 0 atom stereocenters. The lowest BCUT2D eigenvalue weighted by Crippen LogP contribution is -2.24. The third-order valence-electron chi connectivity index (χ3n) is 2.76. The molecule has 0 aliphatic carbocycles. The Morgan fingerprint density at radius 1 is 1.18 bits per heavy atom. The highest BCUT2D eigenvalue weighted by Crippen LogP contribution is 2.22. The summed E-state index contributed by atoms with van der Waals surface area (Å²) in [5.41, 5.74) is 0.552. The molecule has 0 spiro atoms. The molecular weight excluding hydrogens is 224 g/mol. The second-order valence-electron chi connectivity index (χ2n) is 4.13. The van der Waals surface area contributed by atoms with E-state index in [9.17, 15) is 8.78 Å². The first-order valence-corrected chi connectivity index (χ1v) is 5.97. The molecule has 0 bridgehead atoms. The van der Waals surface area contributed by atoms with Crippen molar-refractivity contribution in [3.05, 3.63) is 29.3 Å². The van der Waals surface area contributed by atoms with Crippen molar-refractivity contribution in [3.8, 4) is 5.75 Å². The predicted octanol–water partition coefficient (Wildman–Crippen LogP) is 3.29. The van der Waals surface area contributed by atoms with E-state index in [-0.39, 0.29) is 0 Å². The Balaban J connectivity index is 2.72. The van der Waals surface area contributed by atoms with Crippen molar-refractivity contribution in [2.45, 2.75) is 33.2 Å². The quantitative estimate of drug-likeness (QED) is 0.828. The molecule has 0 aromatic heterocycles. The van der Waals surface area contributed by atoms with Crippen molar-refractivity contribution >= 4 is 0 Å². The third kappa shape index (κ3) is 3.97. The zero-order chi connectivity index (χ0) is 12.8. The summed E-state index contributed by atoms with van der Waals surface area (Å²) in [4.78, 5) is 2.12. The number of nitrogens with zero attached hydrogens (tertiary/aromatic N) is 1. The molecule has 4 heteroatoms. The largest absolute Gasteiger partial charge is 0.503 e. The molecule has 0 saturated carbocycles. The van der Waals surface area contributed by atoms with Crippen molar-refractivity contribution in [1.82, 2.24) is 4.90 Å². The van der Waals surface area contributed by atoms with E-state index >= 15 is 0 Å². The van der Waals surface area contributed by atoms with Gasteiger partial charge in [-0.3, -0.25) is 4.90 Å². The second-order valence-corrected chi connectivity index (χ2v) is 4.13. The van der Waals surface area contributed by atoms with Gasteiger partial charge in [0.25, 0.3) is 0 Å². The number of benzene rings is 1. The monoisotopic (exact) mass is 243 g/mol. The summed E-state index contributed by atoms with van der Waals surface area (Å²) in [6.45, 7) is 6.38. The number of unbranched alkanes of at least 4 members (excludes halogenated alkanes) is 1. The summed E-state index contributed by atoms with van der Waals surface area (Å²) >= 11 is 0. The van der Waals surface area contributed by atoms with E-state index in [2.05, 4.69) is 11.8 Å². The van der Waals surface area contributed by atoms with Gasteiger partial charge in [0.05, 0.1) is 0 Å². The second kappa shape index (κ2) is 6.55. The molecule has 1 N–H and O–H groups in total. The van der Waals surface area contributed by atoms with E-state index in [1.54, 1.807) is 0 Å². The van der Waals surface area contributed by atoms with Crippen LogP contribution in [0.3, 0.4) is 0 Å². The van der Waals surface area contributed by atoms with Crippen molar-refractivity contribution in [2.75, 3.05) is 13.1 Å². The highest BCUT2D eigenvalue weighted by atomic mass is 19.1. The first-order chi connectivity index (χ1) is 8.08. The van der Waals surface area contributed by atoms with Gasteiger partial charge in [-0.15, -0.1) is 0 Å². The summed E-state index contributed by atoms with van der Waals surface area (Å²) in [7, 11) is 0. The van der Waals surface area contributed by atoms with Crippen molar-refractivity contribution in [3.63, 3.8) is 0 Å². The van der Waals surface area contributed by atoms with Crippen LogP contribution in [-0.2, 0) is 6.54 Å². The van der Waals surface area contributed by atoms with Crippen LogP contribution in [0.2, 0.25) is 0 Å². The van der Waals surface area contributed by atoms with Crippen molar-refractivity contribution in [1.29, 1.82) is 0 Å². The van der Waals surface area contributed by atoms with E-state index in [0.29, 0.717) is 12.1 Å². The van der Waals surface area contributed by atoms with Crippen LogP contribution < -0.4 is 0 Å². The lowest BCUT2D eigenvalue weighted by molar-refractivity contribution is 0.274. The molecule has 1 aromatic carbocycles. The topological polar surface area (TPSA) is 23.5 Å². The highest BCUT2D eigenvalue weighted by Gasteiger charge is 2.11. The minimum Gasteiger partial charge on any atom is -0.503 e. The van der Waals surface area contributed by atoms with Crippen LogP contribution >= 0.6 is 0 Å². The first-order valence-electron chi connectivity index (χ1n) is 5.97. The summed E-state index contributed by atoms with van der Waals surface area (Å²) in [6.07, 6.45) is 2.16. The van der Waals surface area contributed by atoms with Crippen LogP contribution in [0.25, 0.3) is 0 Å². The standard InChI is InChI=1S/C13H19F2NO/c1-3-5-6-16(4-2)9-10-7-11(14)13(17)12(15)8-10/h7-8,17H,3-6,9H2,1-2H3. The molecule has 0 unspecified atom stereocenters. The van der Waals surface area contributed by atoms with Gasteiger partial charge in [-0.05, 0) is 37.2 Å². The minimum atomic E-state index is -0.898. The number of phenolic OH excluding ortho intramolecular Hbond substituents is 1. The number of halogens is 2. The molecule has 17 heavy (non-hydrogen) atoms. The van der Waals surface area contributed by atoms with Crippen LogP contribution in [0.5, 0.6) is 5.75 Å². The maximum Gasteiger partial charge on any atom is 0.187 e. The van der Waals surface area contributed by atoms with Crippen LogP contribution in [0, 0.1) is 11.6 Å². The van der Waals surface area contributed by atoms with Gasteiger partial charge in [-0.25, -0.2) is 8.78 Å². The normalized spacial score (nSPS) is 11.1. The summed E-state index contributed by atoms with van der Waals surface area (Å²) < 4.78 is 26.3. The Kier molecular flexibility index (Phi) is 5.35. The van der Waals surface area contributed by atoms with Crippen LogP contribution in [0.4, 0.5) is 8.78 Å². The fraction of sp³-hybridized carbons (Fsp3) is 0.538. The maximum absolute atomic E-state index is 13.1. The molecule has 96 valence electrons. The van der Waals surface area contributed by atoms with Gasteiger partial charge < -0.3 is 5.11 Å². The molecule has 0 fully saturated rings. The smallest absolute Gasteiger partial charge is 0.187 e. The third-order valence-corrected chi connectivity index (χ3v) is 2.76. The summed E-state index contributed by atoms with van der Waals surface area (Å²) in [5, 5.41) is 9.00. The molecule has 0 aliphatic rings. The molecular formula is C13H19F2NO. The van der Waals surface area contributed by atoms with Crippen molar-refractivity contribution < 1.29 is 13.9 Å². The fourth-order valence-electron chi connectivity index (χ4n) is 1.70. The van der Waals surface area contributed by atoms with Gasteiger partial charge in [0.2, 0.25) is 0 Å². The zero-order valence-electron chi connectivity index (χ0n) is 10.3. The number of aromatic hydroxyl groups is 1. The average molecular weight is 243 g/mol. The zero-order valence-corrected chi connectivity index (χ0v) is 10.3. The number of hydrogen-bond donors (Lipinski definition) is 1. The Hall–Kier alpha value is -1.16. The van der Waals surface area contributed by atoms with E-state index in [4.69, 9.17) is 5.11 Å². The number of hydrogen-bond acceptors (Lipinski definition) is 2. The van der Waals surface area contributed by atoms with E-state index in [0.717, 1.165) is 25.9 Å². The van der Waals surface area contributed by atoms with Crippen LogP contribution in [0.15, 0.2) is 12.1 Å². The molecule has 1 rings (SSSR count). The van der Waals surface area contributed by atoms with Gasteiger partial charge in [0, 0.05) is 6.54 Å². The van der Waals surface area contributed by atoms with Crippen LogP contribution in [0.1, 0.15) is 32.3 Å². The molecule has 0 aliphatic heterocycles. The Labute approximate surface area is 101 Å². The van der Waals surface area contributed by atoms with Gasteiger partial charge in [0.15, 0.2) is 17.4 Å². The van der Waals surface area contributed by atoms with Gasteiger partial charge in [0.1, 0.15) is 0 Å². The molecule has 2 nitrogen and oxygen atoms in total. The highest BCUT2D eigenvalue weighted by molar-refractivity contribution is 5.29. The summed E-state index contributed by atoms with van der Waals surface area (Å²) in [6, 6.07) is 2.38. The molecule has 0 radical (unpaired) electrons. The average Bonchev–Trinajstić information content (AvgIpc) is 2.31. The molecule has 0 amide bonds. The molecule has 0 saturated heterocycles. The molecule has 1 aromatic rings. The predicted molar refractivity (Wildman–Crippen MR) is 63.9 cm³/mol. The SMILES string of the molecule is CCCCN(CC)Cc1cc(F)c(O)c(F)c1. The Morgan fingerprint density at radius 3 is 2.24 bits per heavy atom. The van der Waals surface area contributed by atoms with E-state index in [1.807, 2.05) is 6.92 Å². The van der Waals surface area contributed by atoms with Gasteiger partial charge in [-0.1, -0.05) is 20.3 Å². The number of phenols is 1. The Bertz CT molecular complexity index is 345. The van der Waals surface area contributed by atoms with Gasteiger partial charge >= 0.3 is 0 Å². The minimum absolute atomic E-state index is 0.505. The summed E-state index contributed by atoms with van der Waals surface area (Å²) in [5.74, 6) is -2.69. The Morgan fingerprint density at radius 2 is 1.76 bits per heavy atom. The maximum atomic E-state index is 13.1. The lowest BCUT2D eigenvalue weighted by atomic mass is 10.1. The fourth-order valence-corrected chi connectivity index (χ4v) is 1.70. The number of rotatable bonds is 6. The van der Waals surface area contributed by atoms with Crippen LogP contribution in [-0.4, -0.2) is 23.1 Å².